The van der Waals surface area contributed by atoms with Crippen LogP contribution in [-0.4, -0.2) is 62.6 Å². The zero-order valence-electron chi connectivity index (χ0n) is 23.1. The summed E-state index contributed by atoms with van der Waals surface area (Å²) in [5.74, 6) is -0.103. The van der Waals surface area contributed by atoms with E-state index in [0.717, 1.165) is 50.4 Å². The Morgan fingerprint density at radius 2 is 1.88 bits per heavy atom. The van der Waals surface area contributed by atoms with Crippen LogP contribution in [0.3, 0.4) is 0 Å². The van der Waals surface area contributed by atoms with Crippen LogP contribution >= 0.6 is 0 Å². The third-order valence-electron chi connectivity index (χ3n) is 7.44. The van der Waals surface area contributed by atoms with Crippen LogP contribution in [0.15, 0.2) is 60.0 Å². The van der Waals surface area contributed by atoms with Crippen LogP contribution in [0, 0.1) is 5.82 Å². The van der Waals surface area contributed by atoms with E-state index in [1.165, 1.54) is 16.9 Å². The number of allylic oxidation sites excluding steroid dienone is 1. The second-order valence-corrected chi connectivity index (χ2v) is 10.2. The Bertz CT molecular complexity index is 1550. The molecule has 5 rings (SSSR count). The Hall–Kier alpha value is -4.02. The summed E-state index contributed by atoms with van der Waals surface area (Å²) in [6, 6.07) is 11.2. The van der Waals surface area contributed by atoms with Gasteiger partial charge in [0.25, 0.3) is 5.56 Å². The van der Waals surface area contributed by atoms with E-state index >= 15 is 4.39 Å². The Kier molecular flexibility index (Phi) is 8.27. The highest BCUT2D eigenvalue weighted by Crippen LogP contribution is 2.25. The minimum Gasteiger partial charge on any atom is -0.392 e. The summed E-state index contributed by atoms with van der Waals surface area (Å²) < 4.78 is 18.3. The lowest BCUT2D eigenvalue weighted by molar-refractivity contribution is 0.279. The average molecular weight is 546 g/mol. The van der Waals surface area contributed by atoms with Crippen molar-refractivity contribution in [1.29, 1.82) is 0 Å². The largest absolute Gasteiger partial charge is 0.392 e. The zero-order valence-corrected chi connectivity index (χ0v) is 23.1. The lowest BCUT2D eigenvalue weighted by Gasteiger charge is -2.34. The Labute approximate surface area is 233 Å². The number of rotatable bonds is 10. The second-order valence-electron chi connectivity index (χ2n) is 10.2. The Morgan fingerprint density at radius 3 is 2.55 bits per heavy atom. The summed E-state index contributed by atoms with van der Waals surface area (Å²) in [7, 11) is 2.14. The van der Waals surface area contributed by atoms with Crippen LogP contribution in [0.2, 0.25) is 0 Å². The van der Waals surface area contributed by atoms with Crippen molar-refractivity contribution in [3.63, 3.8) is 0 Å². The average Bonchev–Trinajstić information content (AvgIpc) is 3.23. The van der Waals surface area contributed by atoms with Crippen molar-refractivity contribution < 1.29 is 9.50 Å². The molecule has 2 aromatic carbocycles. The van der Waals surface area contributed by atoms with Gasteiger partial charge in [0, 0.05) is 43.8 Å². The number of benzene rings is 2. The van der Waals surface area contributed by atoms with Gasteiger partial charge >= 0.3 is 0 Å². The van der Waals surface area contributed by atoms with E-state index in [9.17, 15) is 9.90 Å². The fourth-order valence-corrected chi connectivity index (χ4v) is 5.16. The molecule has 0 bridgehead atoms. The number of halogens is 1. The minimum absolute atomic E-state index is 0.194. The van der Waals surface area contributed by atoms with E-state index in [2.05, 4.69) is 50.8 Å². The number of hydrogen-bond acceptors (Lipinski definition) is 7. The topological polar surface area (TPSA) is 91.5 Å². The SMILES string of the molecule is C=CCn1c(=O)c2cnc(Nc3ccc(N4CCN(C)CC4)cc3)nc2n1-c1cc(F)c(CCCC)c(CO)c1. The first-order chi connectivity index (χ1) is 19.4. The quantitative estimate of drug-likeness (QED) is 0.288. The van der Waals surface area contributed by atoms with Gasteiger partial charge in [-0.15, -0.1) is 6.58 Å². The standard InChI is InChI=1S/C30H36FN7O2/c1-4-6-7-25-21(20-39)17-24(18-27(25)31)38-28-26(29(40)37(38)12-5-2)19-32-30(34-28)33-22-8-10-23(11-9-22)36-15-13-35(3)14-16-36/h5,8-11,17-19,39H,2,4,6-7,12-16,20H2,1,3H3,(H,32,33,34). The van der Waals surface area contributed by atoms with Crippen molar-refractivity contribution in [2.75, 3.05) is 43.4 Å². The van der Waals surface area contributed by atoms with Crippen molar-refractivity contribution in [3.05, 3.63) is 82.5 Å². The summed E-state index contributed by atoms with van der Waals surface area (Å²) in [6.07, 6.45) is 5.35. The lowest BCUT2D eigenvalue weighted by atomic mass is 10.0. The van der Waals surface area contributed by atoms with Gasteiger partial charge in [-0.05, 0) is 67.4 Å². The van der Waals surface area contributed by atoms with Crippen LogP contribution in [0.1, 0.15) is 30.9 Å². The van der Waals surface area contributed by atoms with Crippen LogP contribution in [0.25, 0.3) is 16.7 Å². The first-order valence-corrected chi connectivity index (χ1v) is 13.8. The number of aromatic nitrogens is 4. The second kappa shape index (κ2) is 12.0. The third kappa shape index (κ3) is 5.50. The van der Waals surface area contributed by atoms with Gasteiger partial charge in [-0.2, -0.15) is 4.98 Å². The predicted molar refractivity (Wildman–Crippen MR) is 157 cm³/mol. The molecule has 1 aliphatic heterocycles. The number of nitrogens with zero attached hydrogens (tertiary/aromatic N) is 6. The molecule has 0 atom stereocenters. The number of nitrogens with one attached hydrogen (secondary N) is 1. The number of unbranched alkanes of at least 4 members (excludes halogenated alkanes) is 1. The van der Waals surface area contributed by atoms with Gasteiger partial charge in [-0.3, -0.25) is 4.79 Å². The highest BCUT2D eigenvalue weighted by atomic mass is 19.1. The summed E-state index contributed by atoms with van der Waals surface area (Å²) >= 11 is 0. The maximum atomic E-state index is 15.3. The molecule has 1 saturated heterocycles. The maximum absolute atomic E-state index is 15.3. The monoisotopic (exact) mass is 545 g/mol. The highest BCUT2D eigenvalue weighted by Gasteiger charge is 2.20. The van der Waals surface area contributed by atoms with Crippen molar-refractivity contribution in [2.24, 2.45) is 0 Å². The summed E-state index contributed by atoms with van der Waals surface area (Å²) in [4.78, 5) is 27.0. The molecule has 1 fully saturated rings. The molecule has 210 valence electrons. The number of piperazine rings is 1. The summed E-state index contributed by atoms with van der Waals surface area (Å²) in [6.45, 7) is 9.75. The van der Waals surface area contributed by atoms with Crippen LogP contribution in [0.5, 0.6) is 0 Å². The molecular formula is C30H36FN7O2. The number of aliphatic hydroxyl groups excluding tert-OH is 1. The fourth-order valence-electron chi connectivity index (χ4n) is 5.16. The normalized spacial score (nSPS) is 14.2. The molecule has 0 radical (unpaired) electrons. The van der Waals surface area contributed by atoms with E-state index in [1.54, 1.807) is 16.8 Å². The molecule has 2 aromatic heterocycles. The third-order valence-corrected chi connectivity index (χ3v) is 7.44. The van der Waals surface area contributed by atoms with E-state index < -0.39 is 5.82 Å². The number of aliphatic hydroxyl groups is 1. The molecule has 4 aromatic rings. The Morgan fingerprint density at radius 1 is 1.12 bits per heavy atom. The van der Waals surface area contributed by atoms with Crippen LogP contribution in [0.4, 0.5) is 21.7 Å². The van der Waals surface area contributed by atoms with Gasteiger partial charge in [0.1, 0.15) is 11.2 Å². The molecule has 3 heterocycles. The molecule has 0 unspecified atom stereocenters. The molecule has 1 aliphatic rings. The van der Waals surface area contributed by atoms with Gasteiger partial charge in [-0.1, -0.05) is 19.4 Å². The Balaban J connectivity index is 1.51. The number of likely N-dealkylation sites (N-methyl/N-ethyl adjacent to an activating group) is 1. The van der Waals surface area contributed by atoms with Crippen LogP contribution < -0.4 is 15.8 Å². The molecule has 2 N–H and O–H groups in total. The molecule has 9 nitrogen and oxygen atoms in total. The molecule has 10 heteroatoms. The fraction of sp³-hybridized carbons (Fsp3) is 0.367. The van der Waals surface area contributed by atoms with Gasteiger partial charge in [-0.25, -0.2) is 18.7 Å². The van der Waals surface area contributed by atoms with Crippen LogP contribution in [-0.2, 0) is 19.6 Å². The first-order valence-electron chi connectivity index (χ1n) is 13.8. The molecule has 0 aliphatic carbocycles. The lowest BCUT2D eigenvalue weighted by Crippen LogP contribution is -2.44. The van der Waals surface area contributed by atoms with Crippen molar-refractivity contribution in [2.45, 2.75) is 39.3 Å². The van der Waals surface area contributed by atoms with Crippen molar-refractivity contribution in [1.82, 2.24) is 24.2 Å². The maximum Gasteiger partial charge on any atom is 0.278 e. The van der Waals surface area contributed by atoms with E-state index in [1.807, 2.05) is 19.1 Å². The molecule has 40 heavy (non-hydrogen) atoms. The smallest absolute Gasteiger partial charge is 0.278 e. The molecule has 0 amide bonds. The van der Waals surface area contributed by atoms with E-state index in [0.29, 0.717) is 40.2 Å². The summed E-state index contributed by atoms with van der Waals surface area (Å²) in [5.41, 5.74) is 3.40. The van der Waals surface area contributed by atoms with Gasteiger partial charge in [0.15, 0.2) is 5.65 Å². The highest BCUT2D eigenvalue weighted by molar-refractivity contribution is 5.77. The number of hydrogen-bond donors (Lipinski definition) is 2. The van der Waals surface area contributed by atoms with Gasteiger partial charge in [0.05, 0.1) is 18.8 Å². The first kappa shape index (κ1) is 27.5. The minimum atomic E-state index is -0.415. The zero-order chi connectivity index (χ0) is 28.2. The van der Waals surface area contributed by atoms with Crippen molar-refractivity contribution in [3.8, 4) is 5.69 Å². The van der Waals surface area contributed by atoms with Gasteiger partial charge < -0.3 is 20.2 Å². The molecule has 0 spiro atoms. The van der Waals surface area contributed by atoms with E-state index in [4.69, 9.17) is 0 Å². The molecule has 0 saturated carbocycles. The molecular weight excluding hydrogens is 509 g/mol. The summed E-state index contributed by atoms with van der Waals surface area (Å²) in [5, 5.41) is 13.6. The number of fused-ring (bicyclic) bond motifs is 1. The van der Waals surface area contributed by atoms with E-state index in [-0.39, 0.29) is 18.7 Å². The number of anilines is 3. The van der Waals surface area contributed by atoms with Gasteiger partial charge in [0.2, 0.25) is 5.95 Å². The predicted octanol–water partition coefficient (Wildman–Crippen LogP) is 4.24. The van der Waals surface area contributed by atoms with Crippen molar-refractivity contribution >= 4 is 28.4 Å².